The van der Waals surface area contributed by atoms with Crippen molar-refractivity contribution in [1.29, 1.82) is 0 Å². The average molecular weight is 298 g/mol. The third-order valence-electron chi connectivity index (χ3n) is 4.00. The van der Waals surface area contributed by atoms with Crippen molar-refractivity contribution in [1.82, 2.24) is 9.80 Å². The van der Waals surface area contributed by atoms with Gasteiger partial charge in [-0.05, 0) is 46.5 Å². The van der Waals surface area contributed by atoms with Crippen LogP contribution in [0.25, 0.3) is 0 Å². The fraction of sp³-hybridized carbons (Fsp3) is 0.867. The van der Waals surface area contributed by atoms with E-state index in [1.807, 2.05) is 20.8 Å². The van der Waals surface area contributed by atoms with Gasteiger partial charge in [0.05, 0.1) is 0 Å². The third kappa shape index (κ3) is 4.09. The minimum absolute atomic E-state index is 0.131. The van der Waals surface area contributed by atoms with Crippen molar-refractivity contribution in [2.75, 3.05) is 19.6 Å². The minimum Gasteiger partial charge on any atom is -0.444 e. The smallest absolute Gasteiger partial charge is 0.410 e. The number of hydrogen-bond donors (Lipinski definition) is 1. The van der Waals surface area contributed by atoms with E-state index >= 15 is 0 Å². The van der Waals surface area contributed by atoms with Crippen molar-refractivity contribution < 1.29 is 19.4 Å². The molecule has 0 aromatic rings. The number of hydrogen-bond acceptors (Lipinski definition) is 4. The number of ether oxygens (including phenoxy) is 1. The average Bonchev–Trinajstić information content (AvgIpc) is 2.40. The zero-order valence-corrected chi connectivity index (χ0v) is 13.2. The van der Waals surface area contributed by atoms with Crippen molar-refractivity contribution in [3.63, 3.8) is 0 Å². The van der Waals surface area contributed by atoms with Crippen LogP contribution in [-0.4, -0.2) is 64.3 Å². The first-order valence-corrected chi connectivity index (χ1v) is 7.74. The molecule has 21 heavy (non-hydrogen) atoms. The van der Waals surface area contributed by atoms with E-state index in [0.717, 1.165) is 19.3 Å². The lowest BCUT2D eigenvalue weighted by Gasteiger charge is -2.41. The molecule has 2 fully saturated rings. The molecule has 1 atom stereocenters. The molecule has 0 aromatic carbocycles. The van der Waals surface area contributed by atoms with Gasteiger partial charge in [-0.3, -0.25) is 4.79 Å². The maximum absolute atomic E-state index is 12.0. The van der Waals surface area contributed by atoms with E-state index < -0.39 is 11.7 Å². The quantitative estimate of drug-likeness (QED) is 0.794. The fourth-order valence-electron chi connectivity index (χ4n) is 2.93. The van der Waals surface area contributed by atoms with Gasteiger partial charge in [0.25, 0.3) is 5.91 Å². The first-order valence-electron chi connectivity index (χ1n) is 7.74. The fourth-order valence-corrected chi connectivity index (χ4v) is 2.93. The standard InChI is InChI=1S/C15H26N2O4/c1-15(2,3)21-14(20)16-9-6-11(7-10-16)17-8-4-5-12(18)13(17)19/h11-12,18H,4-10H2,1-3H3/t12-/m1/s1. The van der Waals surface area contributed by atoms with E-state index in [4.69, 9.17) is 4.74 Å². The molecule has 0 bridgehead atoms. The Morgan fingerprint density at radius 3 is 2.38 bits per heavy atom. The van der Waals surface area contributed by atoms with Gasteiger partial charge in [-0.25, -0.2) is 4.79 Å². The van der Waals surface area contributed by atoms with Crippen molar-refractivity contribution in [2.45, 2.75) is 64.2 Å². The van der Waals surface area contributed by atoms with Gasteiger partial charge in [0.15, 0.2) is 0 Å². The summed E-state index contributed by atoms with van der Waals surface area (Å²) in [5.41, 5.74) is -0.485. The van der Waals surface area contributed by atoms with Crippen molar-refractivity contribution in [3.8, 4) is 0 Å². The van der Waals surface area contributed by atoms with Crippen LogP contribution in [0, 0.1) is 0 Å². The van der Waals surface area contributed by atoms with Crippen LogP contribution in [0.5, 0.6) is 0 Å². The molecule has 2 aliphatic heterocycles. The summed E-state index contributed by atoms with van der Waals surface area (Å²) in [5, 5.41) is 9.67. The number of aliphatic hydroxyl groups is 1. The lowest BCUT2D eigenvalue weighted by molar-refractivity contribution is -0.147. The van der Waals surface area contributed by atoms with Crippen LogP contribution in [-0.2, 0) is 9.53 Å². The number of piperidine rings is 2. The molecular weight excluding hydrogens is 272 g/mol. The van der Waals surface area contributed by atoms with Crippen LogP contribution in [0.15, 0.2) is 0 Å². The number of carbonyl (C=O) groups excluding carboxylic acids is 2. The van der Waals surface area contributed by atoms with Gasteiger partial charge >= 0.3 is 6.09 Å². The Bertz CT molecular complexity index is 397. The molecule has 6 heteroatoms. The maximum Gasteiger partial charge on any atom is 0.410 e. The predicted molar refractivity (Wildman–Crippen MR) is 77.8 cm³/mol. The SMILES string of the molecule is CC(C)(C)OC(=O)N1CCC(N2CCC[C@@H](O)C2=O)CC1. The molecule has 6 nitrogen and oxygen atoms in total. The van der Waals surface area contributed by atoms with Gasteiger partial charge in [0.2, 0.25) is 0 Å². The zero-order valence-electron chi connectivity index (χ0n) is 13.2. The molecule has 1 N–H and O–H groups in total. The first-order chi connectivity index (χ1) is 9.78. The molecule has 0 unspecified atom stereocenters. The van der Waals surface area contributed by atoms with E-state index in [2.05, 4.69) is 0 Å². The number of aliphatic hydroxyl groups excluding tert-OH is 1. The molecule has 2 rings (SSSR count). The van der Waals surface area contributed by atoms with Crippen LogP contribution < -0.4 is 0 Å². The molecule has 0 aromatic heterocycles. The highest BCUT2D eigenvalue weighted by Gasteiger charge is 2.35. The van der Waals surface area contributed by atoms with E-state index in [0.29, 0.717) is 26.1 Å². The van der Waals surface area contributed by atoms with Gasteiger partial charge in [-0.1, -0.05) is 0 Å². The van der Waals surface area contributed by atoms with Crippen molar-refractivity contribution in [2.24, 2.45) is 0 Å². The number of likely N-dealkylation sites (tertiary alicyclic amines) is 2. The van der Waals surface area contributed by atoms with Gasteiger partial charge in [0, 0.05) is 25.7 Å². The molecule has 0 aliphatic carbocycles. The van der Waals surface area contributed by atoms with E-state index in [-0.39, 0.29) is 18.0 Å². The van der Waals surface area contributed by atoms with Crippen LogP contribution in [0.4, 0.5) is 4.79 Å². The molecule has 120 valence electrons. The molecular formula is C15H26N2O4. The van der Waals surface area contributed by atoms with Crippen LogP contribution in [0.3, 0.4) is 0 Å². The summed E-state index contributed by atoms with van der Waals surface area (Å²) in [6.45, 7) is 7.47. The topological polar surface area (TPSA) is 70.1 Å². The van der Waals surface area contributed by atoms with Crippen molar-refractivity contribution >= 4 is 12.0 Å². The van der Waals surface area contributed by atoms with Crippen LogP contribution >= 0.6 is 0 Å². The monoisotopic (exact) mass is 298 g/mol. The molecule has 2 saturated heterocycles. The van der Waals surface area contributed by atoms with Gasteiger partial charge < -0.3 is 19.6 Å². The Morgan fingerprint density at radius 2 is 1.81 bits per heavy atom. The highest BCUT2D eigenvalue weighted by Crippen LogP contribution is 2.23. The summed E-state index contributed by atoms with van der Waals surface area (Å²) in [5.74, 6) is -0.156. The Hall–Kier alpha value is -1.30. The Balaban J connectivity index is 1.85. The highest BCUT2D eigenvalue weighted by molar-refractivity contribution is 5.81. The molecule has 0 spiro atoms. The molecule has 0 saturated carbocycles. The molecule has 2 aliphatic rings. The Kier molecular flexibility index (Phi) is 4.76. The second-order valence-electron chi connectivity index (χ2n) is 6.89. The predicted octanol–water partition coefficient (Wildman–Crippen LogP) is 1.37. The van der Waals surface area contributed by atoms with Crippen LogP contribution in [0.2, 0.25) is 0 Å². The second kappa shape index (κ2) is 6.22. The van der Waals surface area contributed by atoms with Gasteiger partial charge in [-0.2, -0.15) is 0 Å². The number of carbonyl (C=O) groups is 2. The summed E-state index contributed by atoms with van der Waals surface area (Å²) < 4.78 is 5.36. The maximum atomic E-state index is 12.0. The van der Waals surface area contributed by atoms with E-state index in [9.17, 15) is 14.7 Å². The number of rotatable bonds is 1. The van der Waals surface area contributed by atoms with Gasteiger partial charge in [-0.15, -0.1) is 0 Å². The van der Waals surface area contributed by atoms with E-state index in [1.165, 1.54) is 0 Å². The summed E-state index contributed by atoms with van der Waals surface area (Å²) in [6.07, 6.45) is 1.77. The summed E-state index contributed by atoms with van der Waals surface area (Å²) in [7, 11) is 0. The molecule has 2 heterocycles. The van der Waals surface area contributed by atoms with Crippen molar-refractivity contribution in [3.05, 3.63) is 0 Å². The normalized spacial score (nSPS) is 25.1. The Morgan fingerprint density at radius 1 is 1.19 bits per heavy atom. The lowest BCUT2D eigenvalue weighted by atomic mass is 9.98. The second-order valence-corrected chi connectivity index (χ2v) is 6.89. The third-order valence-corrected chi connectivity index (χ3v) is 4.00. The minimum atomic E-state index is -0.845. The molecule has 2 amide bonds. The van der Waals surface area contributed by atoms with Crippen LogP contribution in [0.1, 0.15) is 46.5 Å². The first kappa shape index (κ1) is 16.1. The summed E-state index contributed by atoms with van der Waals surface area (Å²) in [6, 6.07) is 0.131. The lowest BCUT2D eigenvalue weighted by Crippen LogP contribution is -2.54. The Labute approximate surface area is 126 Å². The van der Waals surface area contributed by atoms with E-state index in [1.54, 1.807) is 9.80 Å². The molecule has 0 radical (unpaired) electrons. The largest absolute Gasteiger partial charge is 0.444 e. The summed E-state index contributed by atoms with van der Waals surface area (Å²) >= 11 is 0. The summed E-state index contributed by atoms with van der Waals surface area (Å²) in [4.78, 5) is 27.5. The zero-order chi connectivity index (χ0) is 15.6. The number of amides is 2. The van der Waals surface area contributed by atoms with Gasteiger partial charge in [0.1, 0.15) is 11.7 Å². The number of nitrogens with zero attached hydrogens (tertiary/aromatic N) is 2. The highest BCUT2D eigenvalue weighted by atomic mass is 16.6.